The van der Waals surface area contributed by atoms with Crippen molar-refractivity contribution in [1.29, 1.82) is 0 Å². The molecule has 4 nitrogen and oxygen atoms in total. The second-order valence-corrected chi connectivity index (χ2v) is 5.88. The number of nitrogens with zero attached hydrogens (tertiary/aromatic N) is 2. The second-order valence-electron chi connectivity index (χ2n) is 5.88. The van der Waals surface area contributed by atoms with Crippen LogP contribution in [0.1, 0.15) is 24.2 Å². The summed E-state index contributed by atoms with van der Waals surface area (Å²) >= 11 is 0. The van der Waals surface area contributed by atoms with Crippen molar-refractivity contribution in [1.82, 2.24) is 9.88 Å². The van der Waals surface area contributed by atoms with Gasteiger partial charge in [0.15, 0.2) is 0 Å². The van der Waals surface area contributed by atoms with Crippen LogP contribution in [0.15, 0.2) is 73.1 Å². The molecule has 26 heavy (non-hydrogen) atoms. The SMILES string of the molecule is CCN(CC)C(=O)c1cncc(-c2ccc(Oc3ccccc3)cc2)c1. The zero-order valence-corrected chi connectivity index (χ0v) is 15.1. The van der Waals surface area contributed by atoms with Crippen molar-refractivity contribution in [3.8, 4) is 22.6 Å². The van der Waals surface area contributed by atoms with Crippen molar-refractivity contribution < 1.29 is 9.53 Å². The van der Waals surface area contributed by atoms with Gasteiger partial charge in [0.05, 0.1) is 5.56 Å². The van der Waals surface area contributed by atoms with Gasteiger partial charge in [0.1, 0.15) is 11.5 Å². The lowest BCUT2D eigenvalue weighted by molar-refractivity contribution is 0.0772. The van der Waals surface area contributed by atoms with E-state index in [1.54, 1.807) is 17.3 Å². The van der Waals surface area contributed by atoms with E-state index in [2.05, 4.69) is 4.98 Å². The Kier molecular flexibility index (Phi) is 5.64. The molecule has 0 aliphatic heterocycles. The van der Waals surface area contributed by atoms with Gasteiger partial charge in [0, 0.05) is 31.0 Å². The zero-order chi connectivity index (χ0) is 18.4. The van der Waals surface area contributed by atoms with Crippen molar-refractivity contribution in [3.05, 3.63) is 78.6 Å². The van der Waals surface area contributed by atoms with Gasteiger partial charge in [-0.05, 0) is 49.7 Å². The lowest BCUT2D eigenvalue weighted by Crippen LogP contribution is -2.30. The van der Waals surface area contributed by atoms with Gasteiger partial charge in [-0.15, -0.1) is 0 Å². The standard InChI is InChI=1S/C22H22N2O2/c1-3-24(4-2)22(25)19-14-18(15-23-16-19)17-10-12-21(13-11-17)26-20-8-6-5-7-9-20/h5-16H,3-4H2,1-2H3. The minimum absolute atomic E-state index is 0.00776. The largest absolute Gasteiger partial charge is 0.457 e. The first-order valence-corrected chi connectivity index (χ1v) is 8.79. The maximum absolute atomic E-state index is 12.5. The first-order chi connectivity index (χ1) is 12.7. The van der Waals surface area contributed by atoms with Gasteiger partial charge >= 0.3 is 0 Å². The van der Waals surface area contributed by atoms with Crippen molar-refractivity contribution in [2.24, 2.45) is 0 Å². The Balaban J connectivity index is 1.79. The summed E-state index contributed by atoms with van der Waals surface area (Å²) in [4.78, 5) is 18.5. The molecule has 0 unspecified atom stereocenters. The van der Waals surface area contributed by atoms with E-state index in [1.807, 2.05) is 74.5 Å². The summed E-state index contributed by atoms with van der Waals surface area (Å²) in [5.74, 6) is 1.57. The monoisotopic (exact) mass is 346 g/mol. The third-order valence-electron chi connectivity index (χ3n) is 4.20. The quantitative estimate of drug-likeness (QED) is 0.629. The number of hydrogen-bond donors (Lipinski definition) is 0. The van der Waals surface area contributed by atoms with Crippen molar-refractivity contribution in [2.75, 3.05) is 13.1 Å². The Morgan fingerprint density at radius 2 is 1.54 bits per heavy atom. The number of carbonyl (C=O) groups is 1. The summed E-state index contributed by atoms with van der Waals surface area (Å²) in [6.45, 7) is 5.32. The van der Waals surface area contributed by atoms with E-state index in [-0.39, 0.29) is 5.91 Å². The van der Waals surface area contributed by atoms with E-state index in [0.29, 0.717) is 18.7 Å². The van der Waals surface area contributed by atoms with Crippen LogP contribution in [0.5, 0.6) is 11.5 Å². The maximum Gasteiger partial charge on any atom is 0.255 e. The van der Waals surface area contributed by atoms with Crippen LogP contribution < -0.4 is 4.74 Å². The summed E-state index contributed by atoms with van der Waals surface area (Å²) in [5.41, 5.74) is 2.51. The second kappa shape index (κ2) is 8.30. The van der Waals surface area contributed by atoms with Gasteiger partial charge in [0.2, 0.25) is 0 Å². The predicted octanol–water partition coefficient (Wildman–Crippen LogP) is 5.02. The molecule has 0 saturated heterocycles. The average molecular weight is 346 g/mol. The minimum atomic E-state index is 0.00776. The minimum Gasteiger partial charge on any atom is -0.457 e. The molecule has 0 atom stereocenters. The maximum atomic E-state index is 12.5. The van der Waals surface area contributed by atoms with Crippen LogP contribution in [0.3, 0.4) is 0 Å². The number of pyridine rings is 1. The van der Waals surface area contributed by atoms with Crippen LogP contribution in [0.2, 0.25) is 0 Å². The van der Waals surface area contributed by atoms with Gasteiger partial charge in [-0.3, -0.25) is 9.78 Å². The van der Waals surface area contributed by atoms with Gasteiger partial charge in [-0.1, -0.05) is 30.3 Å². The number of benzene rings is 2. The Bertz CT molecular complexity index is 857. The average Bonchev–Trinajstić information content (AvgIpc) is 2.70. The fraction of sp³-hybridized carbons (Fsp3) is 0.182. The molecule has 132 valence electrons. The number of carbonyl (C=O) groups excluding carboxylic acids is 1. The highest BCUT2D eigenvalue weighted by Crippen LogP contribution is 2.26. The molecule has 2 aromatic carbocycles. The summed E-state index contributed by atoms with van der Waals surface area (Å²) in [6.07, 6.45) is 3.39. The number of amides is 1. The molecular formula is C22H22N2O2. The number of aromatic nitrogens is 1. The molecule has 0 saturated carbocycles. The lowest BCUT2D eigenvalue weighted by atomic mass is 10.1. The fourth-order valence-corrected chi connectivity index (χ4v) is 2.75. The number of hydrogen-bond acceptors (Lipinski definition) is 3. The zero-order valence-electron chi connectivity index (χ0n) is 15.1. The first kappa shape index (κ1) is 17.7. The molecule has 0 spiro atoms. The summed E-state index contributed by atoms with van der Waals surface area (Å²) in [6, 6.07) is 19.3. The van der Waals surface area contributed by atoms with E-state index in [1.165, 1.54) is 0 Å². The van der Waals surface area contributed by atoms with Crippen LogP contribution in [0, 0.1) is 0 Å². The molecule has 0 aliphatic rings. The van der Waals surface area contributed by atoms with Gasteiger partial charge in [0.25, 0.3) is 5.91 Å². The molecule has 3 aromatic rings. The topological polar surface area (TPSA) is 42.4 Å². The first-order valence-electron chi connectivity index (χ1n) is 8.79. The van der Waals surface area contributed by atoms with Crippen LogP contribution >= 0.6 is 0 Å². The van der Waals surface area contributed by atoms with Crippen molar-refractivity contribution >= 4 is 5.91 Å². The van der Waals surface area contributed by atoms with Crippen LogP contribution in [0.25, 0.3) is 11.1 Å². The molecule has 3 rings (SSSR count). The van der Waals surface area contributed by atoms with E-state index >= 15 is 0 Å². The van der Waals surface area contributed by atoms with Crippen LogP contribution in [0.4, 0.5) is 0 Å². The van der Waals surface area contributed by atoms with Gasteiger partial charge in [-0.2, -0.15) is 0 Å². The lowest BCUT2D eigenvalue weighted by Gasteiger charge is -2.18. The number of para-hydroxylation sites is 1. The van der Waals surface area contributed by atoms with E-state index in [9.17, 15) is 4.79 Å². The predicted molar refractivity (Wildman–Crippen MR) is 103 cm³/mol. The molecule has 0 radical (unpaired) electrons. The summed E-state index contributed by atoms with van der Waals surface area (Å²) < 4.78 is 5.82. The van der Waals surface area contributed by atoms with Crippen LogP contribution in [-0.4, -0.2) is 28.9 Å². The molecule has 1 heterocycles. The van der Waals surface area contributed by atoms with Crippen LogP contribution in [-0.2, 0) is 0 Å². The van der Waals surface area contributed by atoms with Gasteiger partial charge in [-0.25, -0.2) is 0 Å². The fourth-order valence-electron chi connectivity index (χ4n) is 2.75. The number of ether oxygens (including phenoxy) is 1. The normalized spacial score (nSPS) is 10.4. The molecule has 1 amide bonds. The van der Waals surface area contributed by atoms with Gasteiger partial charge < -0.3 is 9.64 Å². The summed E-state index contributed by atoms with van der Waals surface area (Å²) in [7, 11) is 0. The highest BCUT2D eigenvalue weighted by molar-refractivity contribution is 5.95. The molecule has 0 bridgehead atoms. The Labute approximate surface area is 154 Å². The summed E-state index contributed by atoms with van der Waals surface area (Å²) in [5, 5.41) is 0. The third kappa shape index (κ3) is 4.09. The van der Waals surface area contributed by atoms with E-state index < -0.39 is 0 Å². The van der Waals surface area contributed by atoms with E-state index in [0.717, 1.165) is 22.6 Å². The van der Waals surface area contributed by atoms with E-state index in [4.69, 9.17) is 4.74 Å². The van der Waals surface area contributed by atoms with Crippen molar-refractivity contribution in [2.45, 2.75) is 13.8 Å². The smallest absolute Gasteiger partial charge is 0.255 e. The molecule has 0 fully saturated rings. The Morgan fingerprint density at radius 3 is 2.19 bits per heavy atom. The highest BCUT2D eigenvalue weighted by atomic mass is 16.5. The molecule has 0 aliphatic carbocycles. The molecule has 1 aromatic heterocycles. The molecule has 4 heteroatoms. The third-order valence-corrected chi connectivity index (χ3v) is 4.20. The number of rotatable bonds is 6. The Morgan fingerprint density at radius 1 is 0.885 bits per heavy atom. The van der Waals surface area contributed by atoms with Crippen molar-refractivity contribution in [3.63, 3.8) is 0 Å². The molecule has 0 N–H and O–H groups in total. The highest BCUT2D eigenvalue weighted by Gasteiger charge is 2.13. The Hall–Kier alpha value is -3.14. The molecular weight excluding hydrogens is 324 g/mol.